The molecule has 12 heteroatoms. The van der Waals surface area contributed by atoms with Gasteiger partial charge >= 0.3 is 6.03 Å². The van der Waals surface area contributed by atoms with E-state index in [1.54, 1.807) is 19.1 Å². The van der Waals surface area contributed by atoms with E-state index in [1.165, 1.54) is 37.7 Å². The second kappa shape index (κ2) is 9.65. The molecule has 1 aromatic heterocycles. The minimum atomic E-state index is -0.483. The Kier molecular flexibility index (Phi) is 6.48. The number of hydrogen-bond acceptors (Lipinski definition) is 9. The summed E-state index contributed by atoms with van der Waals surface area (Å²) in [6, 6.07) is 7.27. The molecule has 0 radical (unpaired) electrons. The largest absolute Gasteiger partial charge is 0.493 e. The Morgan fingerprint density at radius 2 is 1.68 bits per heavy atom. The number of non-ortho nitro benzene ring substituents is 1. The molecule has 0 spiro atoms. The van der Waals surface area contributed by atoms with Crippen molar-refractivity contribution in [2.45, 2.75) is 0 Å². The number of carbonyl (C=O) groups is 1. The van der Waals surface area contributed by atoms with Crippen LogP contribution in [0, 0.1) is 10.1 Å². The highest BCUT2D eigenvalue weighted by Crippen LogP contribution is 2.44. The van der Waals surface area contributed by atoms with E-state index in [-0.39, 0.29) is 11.7 Å². The number of piperazine rings is 1. The minimum absolute atomic E-state index is 0.0328. The zero-order valence-corrected chi connectivity index (χ0v) is 19.0. The van der Waals surface area contributed by atoms with Gasteiger partial charge in [0.25, 0.3) is 5.69 Å². The molecule has 34 heavy (non-hydrogen) atoms. The molecule has 4 rings (SSSR count). The van der Waals surface area contributed by atoms with Crippen LogP contribution in [0.15, 0.2) is 36.7 Å². The molecule has 12 nitrogen and oxygen atoms in total. The molecular weight excluding hydrogens is 444 g/mol. The number of anilines is 2. The molecule has 3 aromatic rings. The quantitative estimate of drug-likeness (QED) is 0.428. The number of hydrogen-bond donors (Lipinski definition) is 1. The minimum Gasteiger partial charge on any atom is -0.493 e. The van der Waals surface area contributed by atoms with E-state index < -0.39 is 4.92 Å². The second-order valence-electron chi connectivity index (χ2n) is 7.45. The number of nitro benzene ring substituents is 1. The van der Waals surface area contributed by atoms with E-state index in [0.29, 0.717) is 60.4 Å². The van der Waals surface area contributed by atoms with Gasteiger partial charge in [0.05, 0.1) is 31.6 Å². The molecule has 0 saturated carbocycles. The monoisotopic (exact) mass is 468 g/mol. The van der Waals surface area contributed by atoms with E-state index >= 15 is 0 Å². The van der Waals surface area contributed by atoms with Crippen molar-refractivity contribution in [3.05, 3.63) is 46.8 Å². The number of rotatable bonds is 6. The van der Waals surface area contributed by atoms with E-state index in [9.17, 15) is 14.9 Å². The van der Waals surface area contributed by atoms with E-state index in [1.807, 2.05) is 6.07 Å². The standard InChI is InChI=1S/C22H24N6O6/c1-32-17-12-16-18(20(34-3)19(17)33-2)23-13-24-21(16)26-8-10-27(11-9-26)22(29)25-14-4-6-15(7-5-14)28(30)31/h4-7,12-13H,8-11H2,1-3H3,(H,25,29). The number of methoxy groups -OCH3 is 3. The first-order valence-corrected chi connectivity index (χ1v) is 10.5. The first-order valence-electron chi connectivity index (χ1n) is 10.5. The molecule has 2 aromatic carbocycles. The van der Waals surface area contributed by atoms with Crippen molar-refractivity contribution in [3.63, 3.8) is 0 Å². The van der Waals surface area contributed by atoms with Gasteiger partial charge in [0, 0.05) is 44.0 Å². The van der Waals surface area contributed by atoms with Crippen molar-refractivity contribution in [2.24, 2.45) is 0 Å². The predicted octanol–water partition coefficient (Wildman–Crippen LogP) is 2.92. The topological polar surface area (TPSA) is 132 Å². The van der Waals surface area contributed by atoms with Gasteiger partial charge < -0.3 is 29.3 Å². The lowest BCUT2D eigenvalue weighted by atomic mass is 10.1. The van der Waals surface area contributed by atoms with Gasteiger partial charge in [-0.1, -0.05) is 0 Å². The van der Waals surface area contributed by atoms with Gasteiger partial charge in [-0.15, -0.1) is 0 Å². The summed E-state index contributed by atoms with van der Waals surface area (Å²) in [5.74, 6) is 2.13. The summed E-state index contributed by atoms with van der Waals surface area (Å²) in [5, 5.41) is 14.3. The number of ether oxygens (including phenoxy) is 3. The zero-order valence-electron chi connectivity index (χ0n) is 19.0. The Balaban J connectivity index is 1.50. The van der Waals surface area contributed by atoms with Crippen LogP contribution in [0.5, 0.6) is 17.2 Å². The molecule has 1 fully saturated rings. The molecule has 2 heterocycles. The summed E-state index contributed by atoms with van der Waals surface area (Å²) in [4.78, 5) is 35.6. The van der Waals surface area contributed by atoms with Gasteiger partial charge in [-0.3, -0.25) is 10.1 Å². The Labute approximate surface area is 195 Å². The Morgan fingerprint density at radius 1 is 1.00 bits per heavy atom. The number of aromatic nitrogens is 2. The van der Waals surface area contributed by atoms with Crippen molar-refractivity contribution in [3.8, 4) is 17.2 Å². The third-order valence-electron chi connectivity index (χ3n) is 5.61. The van der Waals surface area contributed by atoms with Gasteiger partial charge in [0.2, 0.25) is 5.75 Å². The molecule has 1 aliphatic rings. The van der Waals surface area contributed by atoms with Gasteiger partial charge in [-0.25, -0.2) is 14.8 Å². The van der Waals surface area contributed by atoms with Gasteiger partial charge in [0.1, 0.15) is 17.7 Å². The van der Waals surface area contributed by atoms with Crippen molar-refractivity contribution >= 4 is 34.1 Å². The zero-order chi connectivity index (χ0) is 24.2. The summed E-state index contributed by atoms with van der Waals surface area (Å²) in [6.07, 6.45) is 1.47. The van der Waals surface area contributed by atoms with Gasteiger partial charge in [-0.2, -0.15) is 0 Å². The maximum atomic E-state index is 12.7. The predicted molar refractivity (Wildman–Crippen MR) is 125 cm³/mol. The number of urea groups is 1. The molecule has 2 amide bonds. The number of amides is 2. The Morgan fingerprint density at radius 3 is 2.26 bits per heavy atom. The van der Waals surface area contributed by atoms with Crippen LogP contribution in [0.1, 0.15) is 0 Å². The molecule has 0 atom stereocenters. The summed E-state index contributed by atoms with van der Waals surface area (Å²) in [6.45, 7) is 2.04. The summed E-state index contributed by atoms with van der Waals surface area (Å²) in [7, 11) is 4.63. The molecule has 1 N–H and O–H groups in total. The smallest absolute Gasteiger partial charge is 0.321 e. The second-order valence-corrected chi connectivity index (χ2v) is 7.45. The van der Waals surface area contributed by atoms with Crippen molar-refractivity contribution in [1.29, 1.82) is 0 Å². The van der Waals surface area contributed by atoms with Crippen LogP contribution in [0.4, 0.5) is 22.0 Å². The van der Waals surface area contributed by atoms with Crippen molar-refractivity contribution in [2.75, 3.05) is 57.7 Å². The fourth-order valence-electron chi connectivity index (χ4n) is 3.89. The lowest BCUT2D eigenvalue weighted by Gasteiger charge is -2.35. The number of carbonyl (C=O) groups excluding carboxylic acids is 1. The van der Waals surface area contributed by atoms with Gasteiger partial charge in [-0.05, 0) is 18.2 Å². The van der Waals surface area contributed by atoms with Crippen LogP contribution in [-0.2, 0) is 0 Å². The Hall–Kier alpha value is -4.35. The molecule has 1 aliphatic heterocycles. The van der Waals surface area contributed by atoms with Crippen molar-refractivity contribution < 1.29 is 23.9 Å². The van der Waals surface area contributed by atoms with E-state index in [2.05, 4.69) is 20.2 Å². The average Bonchev–Trinajstić information content (AvgIpc) is 2.87. The molecule has 0 unspecified atom stereocenters. The van der Waals surface area contributed by atoms with Crippen LogP contribution in [0.2, 0.25) is 0 Å². The summed E-state index contributed by atoms with van der Waals surface area (Å²) >= 11 is 0. The van der Waals surface area contributed by atoms with Crippen LogP contribution in [-0.4, -0.2) is 73.3 Å². The maximum Gasteiger partial charge on any atom is 0.321 e. The fraction of sp³-hybridized carbons (Fsp3) is 0.318. The highest BCUT2D eigenvalue weighted by Gasteiger charge is 2.26. The van der Waals surface area contributed by atoms with E-state index in [4.69, 9.17) is 14.2 Å². The van der Waals surface area contributed by atoms with Crippen LogP contribution >= 0.6 is 0 Å². The molecular formula is C22H24N6O6. The maximum absolute atomic E-state index is 12.7. The third kappa shape index (κ3) is 4.29. The third-order valence-corrected chi connectivity index (χ3v) is 5.61. The first-order chi connectivity index (χ1) is 16.5. The SMILES string of the molecule is COc1cc2c(N3CCN(C(=O)Nc4ccc([N+](=O)[O-])cc4)CC3)ncnc2c(OC)c1OC. The van der Waals surface area contributed by atoms with Crippen LogP contribution < -0.4 is 24.4 Å². The number of nitro groups is 1. The number of nitrogens with zero attached hydrogens (tertiary/aromatic N) is 5. The Bertz CT molecular complexity index is 1210. The lowest BCUT2D eigenvalue weighted by molar-refractivity contribution is -0.384. The number of benzene rings is 2. The van der Waals surface area contributed by atoms with Gasteiger partial charge in [0.15, 0.2) is 11.5 Å². The fourth-order valence-corrected chi connectivity index (χ4v) is 3.89. The molecule has 1 saturated heterocycles. The average molecular weight is 468 g/mol. The number of fused-ring (bicyclic) bond motifs is 1. The highest BCUT2D eigenvalue weighted by atomic mass is 16.6. The van der Waals surface area contributed by atoms with Crippen LogP contribution in [0.25, 0.3) is 10.9 Å². The highest BCUT2D eigenvalue weighted by molar-refractivity contribution is 5.97. The van der Waals surface area contributed by atoms with Crippen LogP contribution in [0.3, 0.4) is 0 Å². The lowest BCUT2D eigenvalue weighted by Crippen LogP contribution is -2.50. The molecule has 0 aliphatic carbocycles. The molecule has 178 valence electrons. The summed E-state index contributed by atoms with van der Waals surface area (Å²) in [5.41, 5.74) is 1.06. The number of nitrogens with one attached hydrogen (secondary N) is 1. The van der Waals surface area contributed by atoms with E-state index in [0.717, 1.165) is 5.39 Å². The first kappa shape index (κ1) is 22.8. The normalized spacial score (nSPS) is 13.5. The summed E-state index contributed by atoms with van der Waals surface area (Å²) < 4.78 is 16.5. The molecule has 0 bridgehead atoms. The van der Waals surface area contributed by atoms with Crippen molar-refractivity contribution in [1.82, 2.24) is 14.9 Å².